The van der Waals surface area contributed by atoms with Gasteiger partial charge >= 0.3 is 0 Å². The molecule has 2 saturated heterocycles. The number of hydrogen-bond donors (Lipinski definition) is 0. The lowest BCUT2D eigenvalue weighted by Gasteiger charge is -2.37. The number of nitrogens with zero attached hydrogens (tertiary/aromatic N) is 2. The third-order valence-corrected chi connectivity index (χ3v) is 5.01. The maximum atomic E-state index is 6.35. The van der Waals surface area contributed by atoms with E-state index in [9.17, 15) is 0 Å². The van der Waals surface area contributed by atoms with Crippen LogP contribution in [0.5, 0.6) is 0 Å². The lowest BCUT2D eigenvalue weighted by molar-refractivity contribution is -0.0640. The molecular weight excluding hydrogens is 268 g/mol. The summed E-state index contributed by atoms with van der Waals surface area (Å²) in [6.07, 6.45) is 8.16. The van der Waals surface area contributed by atoms with Crippen molar-refractivity contribution in [2.75, 3.05) is 44.9 Å². The van der Waals surface area contributed by atoms with Gasteiger partial charge in [-0.1, -0.05) is 13.8 Å². The fourth-order valence-corrected chi connectivity index (χ4v) is 4.00. The molecule has 0 bridgehead atoms. The van der Waals surface area contributed by atoms with Crippen LogP contribution in [0.3, 0.4) is 0 Å². The number of likely N-dealkylation sites (tertiary alicyclic amines) is 2. The van der Waals surface area contributed by atoms with Crippen molar-refractivity contribution in [3.8, 4) is 0 Å². The average molecular weight is 301 g/mol. The van der Waals surface area contributed by atoms with E-state index in [0.29, 0.717) is 12.2 Å². The number of hydrogen-bond acceptors (Lipinski definition) is 4. The van der Waals surface area contributed by atoms with Crippen LogP contribution in [0.2, 0.25) is 0 Å². The maximum absolute atomic E-state index is 6.35. The van der Waals surface area contributed by atoms with E-state index in [1.807, 2.05) is 11.8 Å². The molecule has 0 saturated carbocycles. The second-order valence-corrected chi connectivity index (χ2v) is 7.60. The Labute approximate surface area is 129 Å². The zero-order valence-corrected chi connectivity index (χ0v) is 14.3. The summed E-state index contributed by atoms with van der Waals surface area (Å²) in [6.45, 7) is 10.8. The monoisotopic (exact) mass is 300 g/mol. The first-order valence-electron chi connectivity index (χ1n) is 8.26. The summed E-state index contributed by atoms with van der Waals surface area (Å²) in [5.41, 5.74) is 0. The van der Waals surface area contributed by atoms with Crippen LogP contribution in [-0.4, -0.2) is 66.9 Å². The van der Waals surface area contributed by atoms with Crippen molar-refractivity contribution >= 4 is 11.8 Å². The lowest BCUT2D eigenvalue weighted by Crippen LogP contribution is -2.42. The Balaban J connectivity index is 1.61. The Morgan fingerprint density at radius 2 is 1.45 bits per heavy atom. The fraction of sp³-hybridized carbons (Fsp3) is 1.00. The van der Waals surface area contributed by atoms with Crippen molar-refractivity contribution in [3.05, 3.63) is 0 Å². The standard InChI is InChI=1S/C16H32N2OS/c1-14(2)12-17-8-4-15(5-9-17)19-16-6-10-18(11-7-16)13-20-3/h14-16H,4-13H2,1-3H3. The van der Waals surface area contributed by atoms with E-state index >= 15 is 0 Å². The van der Waals surface area contributed by atoms with Crippen LogP contribution in [0.4, 0.5) is 0 Å². The molecule has 0 spiro atoms. The van der Waals surface area contributed by atoms with Gasteiger partial charge < -0.3 is 9.64 Å². The minimum atomic E-state index is 0.523. The lowest BCUT2D eigenvalue weighted by atomic mass is 10.0. The van der Waals surface area contributed by atoms with Gasteiger partial charge in [-0.15, -0.1) is 11.8 Å². The second-order valence-electron chi connectivity index (χ2n) is 6.77. The molecule has 2 aliphatic rings. The van der Waals surface area contributed by atoms with Crippen LogP contribution < -0.4 is 0 Å². The largest absolute Gasteiger partial charge is 0.375 e. The molecule has 2 aliphatic heterocycles. The first kappa shape index (κ1) is 16.6. The van der Waals surface area contributed by atoms with Crippen molar-refractivity contribution < 1.29 is 4.74 Å². The van der Waals surface area contributed by atoms with Crippen molar-refractivity contribution in [2.45, 2.75) is 51.7 Å². The summed E-state index contributed by atoms with van der Waals surface area (Å²) in [4.78, 5) is 5.15. The van der Waals surface area contributed by atoms with E-state index in [-0.39, 0.29) is 0 Å². The summed E-state index contributed by atoms with van der Waals surface area (Å²) in [6, 6.07) is 0. The van der Waals surface area contributed by atoms with Crippen LogP contribution >= 0.6 is 11.8 Å². The zero-order chi connectivity index (χ0) is 14.4. The van der Waals surface area contributed by atoms with Crippen LogP contribution in [0.15, 0.2) is 0 Å². The van der Waals surface area contributed by atoms with E-state index in [4.69, 9.17) is 4.74 Å². The van der Waals surface area contributed by atoms with E-state index in [1.165, 1.54) is 64.3 Å². The minimum Gasteiger partial charge on any atom is -0.375 e. The molecule has 4 heteroatoms. The average Bonchev–Trinajstić information content (AvgIpc) is 2.43. The third-order valence-electron chi connectivity index (χ3n) is 4.39. The van der Waals surface area contributed by atoms with Crippen molar-refractivity contribution in [1.29, 1.82) is 0 Å². The first-order chi connectivity index (χ1) is 9.67. The summed E-state index contributed by atoms with van der Waals surface area (Å²) < 4.78 is 6.35. The number of rotatable bonds is 6. The number of ether oxygens (including phenoxy) is 1. The fourth-order valence-electron chi connectivity index (χ4n) is 3.37. The molecule has 0 N–H and O–H groups in total. The molecule has 0 radical (unpaired) electrons. The van der Waals surface area contributed by atoms with E-state index < -0.39 is 0 Å². The molecule has 0 aliphatic carbocycles. The normalized spacial score (nSPS) is 24.6. The number of piperidine rings is 2. The molecule has 0 atom stereocenters. The van der Waals surface area contributed by atoms with Crippen molar-refractivity contribution in [1.82, 2.24) is 9.80 Å². The molecule has 0 aromatic heterocycles. The molecule has 20 heavy (non-hydrogen) atoms. The van der Waals surface area contributed by atoms with Crippen LogP contribution in [0, 0.1) is 5.92 Å². The van der Waals surface area contributed by atoms with Crippen molar-refractivity contribution in [2.24, 2.45) is 5.92 Å². The molecule has 0 unspecified atom stereocenters. The molecule has 3 nitrogen and oxygen atoms in total. The minimum absolute atomic E-state index is 0.523. The van der Waals surface area contributed by atoms with Gasteiger partial charge in [0.05, 0.1) is 12.2 Å². The van der Waals surface area contributed by atoms with Gasteiger partial charge in [-0.2, -0.15) is 0 Å². The Morgan fingerprint density at radius 3 is 1.90 bits per heavy atom. The van der Waals surface area contributed by atoms with Gasteiger partial charge in [-0.25, -0.2) is 0 Å². The Hall–Kier alpha value is 0.230. The highest BCUT2D eigenvalue weighted by Crippen LogP contribution is 2.21. The van der Waals surface area contributed by atoms with Gasteiger partial charge in [-0.3, -0.25) is 4.90 Å². The van der Waals surface area contributed by atoms with Gasteiger partial charge in [0.25, 0.3) is 0 Å². The summed E-state index contributed by atoms with van der Waals surface area (Å²) in [5, 5.41) is 0. The summed E-state index contributed by atoms with van der Waals surface area (Å²) in [5.74, 6) is 1.97. The van der Waals surface area contributed by atoms with Gasteiger partial charge in [0, 0.05) is 38.6 Å². The SMILES string of the molecule is CSCN1CCC(OC2CCN(CC(C)C)CC2)CC1. The van der Waals surface area contributed by atoms with Crippen LogP contribution in [0.1, 0.15) is 39.5 Å². The molecule has 118 valence electrons. The predicted molar refractivity (Wildman–Crippen MR) is 88.4 cm³/mol. The van der Waals surface area contributed by atoms with Gasteiger partial charge in [0.15, 0.2) is 0 Å². The van der Waals surface area contributed by atoms with Gasteiger partial charge in [-0.05, 0) is 37.9 Å². The van der Waals surface area contributed by atoms with E-state index in [0.717, 1.165) is 5.92 Å². The second kappa shape index (κ2) is 8.62. The quantitative estimate of drug-likeness (QED) is 0.749. The highest BCUT2D eigenvalue weighted by atomic mass is 32.2. The van der Waals surface area contributed by atoms with Crippen molar-refractivity contribution in [3.63, 3.8) is 0 Å². The predicted octanol–water partition coefficient (Wildman–Crippen LogP) is 2.91. The van der Waals surface area contributed by atoms with E-state index in [1.54, 1.807) is 0 Å². The molecular formula is C16H32N2OS. The smallest absolute Gasteiger partial charge is 0.0603 e. The topological polar surface area (TPSA) is 15.7 Å². The van der Waals surface area contributed by atoms with Crippen LogP contribution in [-0.2, 0) is 4.74 Å². The third kappa shape index (κ3) is 5.55. The Bertz CT molecular complexity index is 259. The van der Waals surface area contributed by atoms with Gasteiger partial charge in [0.1, 0.15) is 0 Å². The number of thioether (sulfide) groups is 1. The van der Waals surface area contributed by atoms with Crippen LogP contribution in [0.25, 0.3) is 0 Å². The first-order valence-corrected chi connectivity index (χ1v) is 9.66. The molecule has 2 rings (SSSR count). The maximum Gasteiger partial charge on any atom is 0.0603 e. The molecule has 0 aromatic rings. The Kier molecular flexibility index (Phi) is 7.15. The highest BCUT2D eigenvalue weighted by Gasteiger charge is 2.25. The molecule has 2 heterocycles. The molecule has 2 fully saturated rings. The highest BCUT2D eigenvalue weighted by molar-refractivity contribution is 7.98. The molecule has 0 amide bonds. The Morgan fingerprint density at radius 1 is 0.950 bits per heavy atom. The molecule has 0 aromatic carbocycles. The summed E-state index contributed by atoms with van der Waals surface area (Å²) in [7, 11) is 0. The zero-order valence-electron chi connectivity index (χ0n) is 13.5. The van der Waals surface area contributed by atoms with E-state index in [2.05, 4.69) is 29.9 Å². The van der Waals surface area contributed by atoms with Gasteiger partial charge in [0.2, 0.25) is 0 Å². The summed E-state index contributed by atoms with van der Waals surface area (Å²) >= 11 is 1.93.